The fourth-order valence-corrected chi connectivity index (χ4v) is 3.56. The van der Waals surface area contributed by atoms with E-state index < -0.39 is 15.8 Å². The second kappa shape index (κ2) is 5.91. The lowest BCUT2D eigenvalue weighted by Gasteiger charge is -2.08. The molecule has 0 aliphatic carbocycles. The molecule has 1 aromatic heterocycles. The summed E-state index contributed by atoms with van der Waals surface area (Å²) in [6.45, 7) is 0. The average molecular weight is 344 g/mol. The molecule has 3 aromatic rings. The molecule has 0 unspecified atom stereocenters. The van der Waals surface area contributed by atoms with E-state index in [2.05, 4.69) is 15.6 Å². The van der Waals surface area contributed by atoms with Gasteiger partial charge >= 0.3 is 0 Å². The van der Waals surface area contributed by atoms with Crippen molar-refractivity contribution in [1.82, 2.24) is 4.98 Å². The van der Waals surface area contributed by atoms with E-state index in [1.54, 1.807) is 18.2 Å². The summed E-state index contributed by atoms with van der Waals surface area (Å²) in [5, 5.41) is 0.476. The van der Waals surface area contributed by atoms with E-state index in [1.807, 2.05) is 0 Å². The number of sulfonamides is 1. The van der Waals surface area contributed by atoms with Crippen LogP contribution in [-0.4, -0.2) is 20.5 Å². The molecule has 7 heteroatoms. The molecular weight excluding hydrogens is 331 g/mol. The molecule has 0 amide bonds. The molecule has 1 heterocycles. The Labute approximate surface area is 138 Å². The molecule has 0 atom stereocenters. The Morgan fingerprint density at radius 2 is 2.04 bits per heavy atom. The molecule has 0 saturated carbocycles. The van der Waals surface area contributed by atoms with Crippen molar-refractivity contribution in [3.63, 3.8) is 0 Å². The van der Waals surface area contributed by atoms with E-state index in [0.29, 0.717) is 22.2 Å². The van der Waals surface area contributed by atoms with Gasteiger partial charge in [-0.2, -0.15) is 0 Å². The smallest absolute Gasteiger partial charge is 0.264 e. The van der Waals surface area contributed by atoms with Crippen molar-refractivity contribution in [2.24, 2.45) is 0 Å². The van der Waals surface area contributed by atoms with Crippen LogP contribution in [0.4, 0.5) is 10.1 Å². The number of fused-ring (bicyclic) bond motifs is 1. The Bertz CT molecular complexity index is 1070. The quantitative estimate of drug-likeness (QED) is 0.715. The van der Waals surface area contributed by atoms with Crippen LogP contribution >= 0.6 is 0 Å². The Kier molecular flexibility index (Phi) is 3.91. The van der Waals surface area contributed by atoms with Gasteiger partial charge in [0.1, 0.15) is 16.5 Å². The number of ether oxygens (including phenoxy) is 1. The first-order chi connectivity index (χ1) is 11.4. The van der Waals surface area contributed by atoms with Crippen LogP contribution in [0.5, 0.6) is 5.75 Å². The number of rotatable bonds is 4. The molecule has 0 spiro atoms. The number of anilines is 1. The van der Waals surface area contributed by atoms with Crippen molar-refractivity contribution in [3.8, 4) is 18.1 Å². The standard InChI is InChI=1S/C17H13FN2O3S/c1-3-11-4-7-15(14(18)8-11)20-24(21,22)17-10-19-16-9-12(23-2)5-6-13(16)17/h1,4-10,19-20H,2H3. The lowest BCUT2D eigenvalue weighted by Crippen LogP contribution is -2.13. The highest BCUT2D eigenvalue weighted by Gasteiger charge is 2.20. The monoisotopic (exact) mass is 344 g/mol. The van der Waals surface area contributed by atoms with E-state index >= 15 is 0 Å². The molecule has 0 fully saturated rings. The Morgan fingerprint density at radius 3 is 2.71 bits per heavy atom. The number of H-pyrrole nitrogens is 1. The van der Waals surface area contributed by atoms with Gasteiger partial charge in [-0.15, -0.1) is 6.42 Å². The third kappa shape index (κ3) is 2.79. The van der Waals surface area contributed by atoms with E-state index in [4.69, 9.17) is 11.2 Å². The second-order valence-corrected chi connectivity index (χ2v) is 6.66. The summed E-state index contributed by atoms with van der Waals surface area (Å²) < 4.78 is 46.4. The maximum atomic E-state index is 14.0. The molecule has 0 radical (unpaired) electrons. The van der Waals surface area contributed by atoms with Crippen molar-refractivity contribution < 1.29 is 17.5 Å². The molecule has 24 heavy (non-hydrogen) atoms. The minimum absolute atomic E-state index is 0.0144. The van der Waals surface area contributed by atoms with Gasteiger partial charge in [0.05, 0.1) is 18.3 Å². The lowest BCUT2D eigenvalue weighted by atomic mass is 10.2. The molecule has 2 N–H and O–H groups in total. The van der Waals surface area contributed by atoms with Gasteiger partial charge in [-0.05, 0) is 30.3 Å². The van der Waals surface area contributed by atoms with E-state index in [9.17, 15) is 12.8 Å². The van der Waals surface area contributed by atoms with Crippen LogP contribution < -0.4 is 9.46 Å². The van der Waals surface area contributed by atoms with Gasteiger partial charge < -0.3 is 9.72 Å². The number of nitrogens with one attached hydrogen (secondary N) is 2. The topological polar surface area (TPSA) is 71.2 Å². The van der Waals surface area contributed by atoms with Crippen molar-refractivity contribution in [1.29, 1.82) is 0 Å². The summed E-state index contributed by atoms with van der Waals surface area (Å²) in [7, 11) is -2.45. The van der Waals surface area contributed by atoms with Crippen LogP contribution in [-0.2, 0) is 10.0 Å². The van der Waals surface area contributed by atoms with Crippen molar-refractivity contribution in [2.75, 3.05) is 11.8 Å². The van der Waals surface area contributed by atoms with Crippen LogP contribution in [0.1, 0.15) is 5.56 Å². The van der Waals surface area contributed by atoms with Crippen molar-refractivity contribution in [2.45, 2.75) is 4.90 Å². The zero-order valence-corrected chi connectivity index (χ0v) is 13.4. The highest BCUT2D eigenvalue weighted by molar-refractivity contribution is 7.93. The van der Waals surface area contributed by atoms with Gasteiger partial charge in [0.25, 0.3) is 10.0 Å². The second-order valence-electron chi connectivity index (χ2n) is 5.01. The predicted molar refractivity (Wildman–Crippen MR) is 90.0 cm³/mol. The van der Waals surface area contributed by atoms with E-state index in [-0.39, 0.29) is 10.6 Å². The number of aromatic nitrogens is 1. The van der Waals surface area contributed by atoms with Crippen molar-refractivity contribution in [3.05, 3.63) is 54.0 Å². The zero-order chi connectivity index (χ0) is 17.3. The molecule has 122 valence electrons. The summed E-state index contributed by atoms with van der Waals surface area (Å²) in [4.78, 5) is 2.88. The zero-order valence-electron chi connectivity index (χ0n) is 12.6. The lowest BCUT2D eigenvalue weighted by molar-refractivity contribution is 0.415. The van der Waals surface area contributed by atoms with Crippen LogP contribution in [0.15, 0.2) is 47.5 Å². The van der Waals surface area contributed by atoms with Crippen LogP contribution in [0.2, 0.25) is 0 Å². The summed E-state index contributed by atoms with van der Waals surface area (Å²) in [5.74, 6) is 2.14. The average Bonchev–Trinajstić information content (AvgIpc) is 3.00. The molecule has 3 rings (SSSR count). The first kappa shape index (κ1) is 15.9. The minimum Gasteiger partial charge on any atom is -0.497 e. The van der Waals surface area contributed by atoms with Gasteiger partial charge in [0.2, 0.25) is 0 Å². The normalized spacial score (nSPS) is 11.2. The van der Waals surface area contributed by atoms with Crippen molar-refractivity contribution >= 4 is 26.6 Å². The van der Waals surface area contributed by atoms with Crippen LogP contribution in [0, 0.1) is 18.2 Å². The third-order valence-electron chi connectivity index (χ3n) is 3.52. The molecular formula is C17H13FN2O3S. The van der Waals surface area contributed by atoms with Gasteiger partial charge in [-0.3, -0.25) is 4.72 Å². The third-order valence-corrected chi connectivity index (χ3v) is 4.93. The van der Waals surface area contributed by atoms with Gasteiger partial charge in [-0.1, -0.05) is 5.92 Å². The van der Waals surface area contributed by atoms with Gasteiger partial charge in [0, 0.05) is 23.2 Å². The van der Waals surface area contributed by atoms with E-state index in [0.717, 1.165) is 6.07 Å². The first-order valence-electron chi connectivity index (χ1n) is 6.89. The molecule has 0 saturated heterocycles. The number of halogens is 1. The number of hydrogen-bond donors (Lipinski definition) is 2. The number of hydrogen-bond acceptors (Lipinski definition) is 3. The minimum atomic E-state index is -3.97. The Morgan fingerprint density at radius 1 is 1.25 bits per heavy atom. The van der Waals surface area contributed by atoms with Crippen LogP contribution in [0.25, 0.3) is 10.9 Å². The Balaban J connectivity index is 2.01. The maximum absolute atomic E-state index is 14.0. The number of terminal acetylenes is 1. The summed E-state index contributed by atoms with van der Waals surface area (Å²) in [6, 6.07) is 8.80. The van der Waals surface area contributed by atoms with Gasteiger partial charge in [-0.25, -0.2) is 12.8 Å². The molecule has 0 aliphatic heterocycles. The number of aromatic amines is 1. The molecule has 5 nitrogen and oxygen atoms in total. The van der Waals surface area contributed by atoms with E-state index in [1.165, 1.54) is 25.4 Å². The summed E-state index contributed by atoms with van der Waals surface area (Å²) in [6.07, 6.45) is 6.54. The summed E-state index contributed by atoms with van der Waals surface area (Å²) >= 11 is 0. The molecule has 2 aromatic carbocycles. The summed E-state index contributed by atoms with van der Waals surface area (Å²) in [5.41, 5.74) is 0.754. The maximum Gasteiger partial charge on any atom is 0.264 e. The number of benzene rings is 2. The first-order valence-corrected chi connectivity index (χ1v) is 8.37. The fraction of sp³-hybridized carbons (Fsp3) is 0.0588. The number of methoxy groups -OCH3 is 1. The Hall–Kier alpha value is -2.98. The fourth-order valence-electron chi connectivity index (χ4n) is 2.32. The van der Waals surface area contributed by atoms with Crippen LogP contribution in [0.3, 0.4) is 0 Å². The highest BCUT2D eigenvalue weighted by Crippen LogP contribution is 2.28. The SMILES string of the molecule is C#Cc1ccc(NS(=O)(=O)c2c[nH]c3cc(OC)ccc23)c(F)c1. The predicted octanol–water partition coefficient (Wildman–Crippen LogP) is 3.10. The van der Waals surface area contributed by atoms with Gasteiger partial charge in [0.15, 0.2) is 0 Å². The largest absolute Gasteiger partial charge is 0.497 e. The molecule has 0 aliphatic rings. The highest BCUT2D eigenvalue weighted by atomic mass is 32.2. The molecule has 0 bridgehead atoms.